The van der Waals surface area contributed by atoms with Gasteiger partial charge in [0, 0.05) is 41.8 Å². The highest BCUT2D eigenvalue weighted by molar-refractivity contribution is 5.91. The van der Waals surface area contributed by atoms with Gasteiger partial charge in [0.2, 0.25) is 5.91 Å². The number of carboxylic acids is 1. The SMILES string of the molecule is C[C@]12CC[C@H]3[C@@H](CCC4=CC(=O)CC[C@@]43C)[C@@H]1CC[C@@H]2OC(=O)CCC(=O)N[C@H](Cc1c[nH]c2ccccc12)C(=O)O. The van der Waals surface area contributed by atoms with E-state index in [9.17, 15) is 24.3 Å². The molecule has 3 fully saturated rings. The zero-order chi connectivity index (χ0) is 29.6. The molecule has 42 heavy (non-hydrogen) atoms. The van der Waals surface area contributed by atoms with E-state index in [1.54, 1.807) is 6.20 Å². The fraction of sp³-hybridized carbons (Fsp3) is 0.588. The molecule has 3 N–H and O–H groups in total. The molecule has 7 atom stereocenters. The number of carbonyl (C=O) groups is 4. The van der Waals surface area contributed by atoms with E-state index in [0.717, 1.165) is 61.4 Å². The smallest absolute Gasteiger partial charge is 0.326 e. The van der Waals surface area contributed by atoms with Crippen molar-refractivity contribution < 1.29 is 29.0 Å². The van der Waals surface area contributed by atoms with Gasteiger partial charge < -0.3 is 20.1 Å². The lowest BCUT2D eigenvalue weighted by atomic mass is 9.47. The zero-order valence-electron chi connectivity index (χ0n) is 24.6. The summed E-state index contributed by atoms with van der Waals surface area (Å²) in [6.07, 6.45) is 11.2. The second kappa shape index (κ2) is 11.0. The summed E-state index contributed by atoms with van der Waals surface area (Å²) in [6, 6.07) is 6.53. The maximum absolute atomic E-state index is 12.9. The molecule has 3 saturated carbocycles. The van der Waals surface area contributed by atoms with Crippen LogP contribution < -0.4 is 5.32 Å². The van der Waals surface area contributed by atoms with Crippen LogP contribution in [0.25, 0.3) is 10.9 Å². The lowest BCUT2D eigenvalue weighted by molar-refractivity contribution is -0.160. The van der Waals surface area contributed by atoms with Crippen molar-refractivity contribution in [3.63, 3.8) is 0 Å². The molecule has 2 aromatic rings. The van der Waals surface area contributed by atoms with E-state index in [4.69, 9.17) is 4.74 Å². The summed E-state index contributed by atoms with van der Waals surface area (Å²) in [5.41, 5.74) is 3.12. The van der Waals surface area contributed by atoms with Crippen molar-refractivity contribution in [3.8, 4) is 0 Å². The lowest BCUT2D eigenvalue weighted by Gasteiger charge is -2.57. The first-order valence-corrected chi connectivity index (χ1v) is 15.6. The Kier molecular flexibility index (Phi) is 7.52. The van der Waals surface area contributed by atoms with Crippen molar-refractivity contribution in [1.82, 2.24) is 10.3 Å². The molecule has 0 aliphatic heterocycles. The Balaban J connectivity index is 1.03. The highest BCUT2D eigenvalue weighted by atomic mass is 16.5. The highest BCUT2D eigenvalue weighted by Crippen LogP contribution is 2.65. The van der Waals surface area contributed by atoms with Crippen molar-refractivity contribution >= 4 is 34.5 Å². The van der Waals surface area contributed by atoms with Crippen LogP contribution in [0.4, 0.5) is 0 Å². The van der Waals surface area contributed by atoms with Gasteiger partial charge in [-0.05, 0) is 85.8 Å². The predicted octanol–water partition coefficient (Wildman–Crippen LogP) is 5.50. The topological polar surface area (TPSA) is 126 Å². The van der Waals surface area contributed by atoms with Crippen LogP contribution in [0.15, 0.2) is 42.1 Å². The largest absolute Gasteiger partial charge is 0.480 e. The number of aromatic amines is 1. The number of rotatable bonds is 8. The normalized spacial score (nSPS) is 32.7. The number of H-pyrrole nitrogens is 1. The first-order valence-electron chi connectivity index (χ1n) is 15.6. The van der Waals surface area contributed by atoms with Crippen LogP contribution in [0.2, 0.25) is 0 Å². The Labute approximate surface area is 246 Å². The van der Waals surface area contributed by atoms with E-state index in [2.05, 4.69) is 24.1 Å². The molecule has 0 spiro atoms. The maximum atomic E-state index is 12.9. The molecule has 0 bridgehead atoms. The summed E-state index contributed by atoms with van der Waals surface area (Å²) in [5, 5.41) is 13.3. The van der Waals surface area contributed by atoms with Gasteiger partial charge in [-0.1, -0.05) is 37.6 Å². The Bertz CT molecular complexity index is 1440. The van der Waals surface area contributed by atoms with Gasteiger partial charge in [-0.2, -0.15) is 0 Å². The number of hydrogen-bond donors (Lipinski definition) is 3. The minimum atomic E-state index is -1.12. The van der Waals surface area contributed by atoms with Crippen LogP contribution in [0.1, 0.15) is 83.6 Å². The first kappa shape index (κ1) is 28.7. The number of para-hydroxylation sites is 1. The number of carboxylic acid groups (broad SMARTS) is 1. The van der Waals surface area contributed by atoms with Gasteiger partial charge in [-0.25, -0.2) is 4.79 Å². The number of fused-ring (bicyclic) bond motifs is 6. The van der Waals surface area contributed by atoms with Gasteiger partial charge in [-0.3, -0.25) is 14.4 Å². The molecule has 4 aliphatic rings. The Hall–Kier alpha value is -3.42. The number of esters is 1. The Morgan fingerprint density at radius 1 is 1.05 bits per heavy atom. The number of nitrogens with one attached hydrogen (secondary N) is 2. The maximum Gasteiger partial charge on any atom is 0.326 e. The van der Waals surface area contributed by atoms with Crippen molar-refractivity contribution in [1.29, 1.82) is 0 Å². The molecular weight excluding hydrogens is 532 g/mol. The van der Waals surface area contributed by atoms with Gasteiger partial charge >= 0.3 is 11.9 Å². The highest BCUT2D eigenvalue weighted by Gasteiger charge is 2.60. The molecule has 1 aromatic carbocycles. The van der Waals surface area contributed by atoms with Crippen LogP contribution in [-0.2, 0) is 30.3 Å². The van der Waals surface area contributed by atoms with Crippen LogP contribution in [0, 0.1) is 28.6 Å². The fourth-order valence-electron chi connectivity index (χ4n) is 9.13. The van der Waals surface area contributed by atoms with Crippen LogP contribution >= 0.6 is 0 Å². The molecule has 0 unspecified atom stereocenters. The number of aliphatic carboxylic acids is 1. The average Bonchev–Trinajstić information content (AvgIpc) is 3.52. The zero-order valence-corrected chi connectivity index (χ0v) is 24.6. The third-order valence-corrected chi connectivity index (χ3v) is 11.4. The minimum absolute atomic E-state index is 0.0745. The second-order valence-corrected chi connectivity index (χ2v) is 13.6. The second-order valence-electron chi connectivity index (χ2n) is 13.6. The molecule has 1 amide bonds. The summed E-state index contributed by atoms with van der Waals surface area (Å²) in [6.45, 7) is 4.66. The van der Waals surface area contributed by atoms with E-state index in [-0.39, 0.29) is 42.0 Å². The first-order chi connectivity index (χ1) is 20.1. The lowest BCUT2D eigenvalue weighted by Crippen LogP contribution is -2.51. The Morgan fingerprint density at radius 2 is 1.86 bits per heavy atom. The van der Waals surface area contributed by atoms with Gasteiger partial charge in [0.15, 0.2) is 5.78 Å². The average molecular weight is 575 g/mol. The fourth-order valence-corrected chi connectivity index (χ4v) is 9.13. The molecule has 8 nitrogen and oxygen atoms in total. The van der Waals surface area contributed by atoms with Crippen molar-refractivity contribution in [2.45, 2.75) is 96.6 Å². The van der Waals surface area contributed by atoms with E-state index in [0.29, 0.717) is 24.2 Å². The van der Waals surface area contributed by atoms with Crippen molar-refractivity contribution in [3.05, 3.63) is 47.7 Å². The van der Waals surface area contributed by atoms with Crippen molar-refractivity contribution in [2.75, 3.05) is 0 Å². The quantitative estimate of drug-likeness (QED) is 0.357. The van der Waals surface area contributed by atoms with Gasteiger partial charge in [0.05, 0.1) is 6.42 Å². The van der Waals surface area contributed by atoms with Crippen LogP contribution in [0.5, 0.6) is 0 Å². The molecular formula is C34H42N2O6. The number of ketones is 1. The third kappa shape index (κ3) is 5.07. The van der Waals surface area contributed by atoms with E-state index in [1.807, 2.05) is 30.3 Å². The number of ether oxygens (including phenoxy) is 1. The molecule has 1 heterocycles. The summed E-state index contributed by atoms with van der Waals surface area (Å²) in [5.74, 6) is -0.0533. The summed E-state index contributed by atoms with van der Waals surface area (Å²) in [7, 11) is 0. The van der Waals surface area contributed by atoms with Gasteiger partial charge in [-0.15, -0.1) is 0 Å². The van der Waals surface area contributed by atoms with Gasteiger partial charge in [0.25, 0.3) is 0 Å². The van der Waals surface area contributed by atoms with Crippen LogP contribution in [0.3, 0.4) is 0 Å². The standard InChI is InChI=1S/C34H42N2O6/c1-33-15-13-22(37)18-21(33)7-8-24-25-9-10-29(34(25,2)16-14-26(24)33)42-31(39)12-11-30(38)36-28(32(40)41)17-20-19-35-27-6-4-3-5-23(20)27/h3-6,18-19,24-26,28-29,35H,7-17H2,1-2H3,(H,36,38)(H,40,41)/t24-,25-,26-,28+,29-,33-,34-/m0/s1. The summed E-state index contributed by atoms with van der Waals surface area (Å²) < 4.78 is 6.05. The number of benzene rings is 1. The number of allylic oxidation sites excluding steroid dienone is 1. The molecule has 8 heteroatoms. The Morgan fingerprint density at radius 3 is 2.67 bits per heavy atom. The van der Waals surface area contributed by atoms with Gasteiger partial charge in [0.1, 0.15) is 12.1 Å². The molecule has 224 valence electrons. The number of aromatic nitrogens is 1. The number of hydrogen-bond acceptors (Lipinski definition) is 5. The van der Waals surface area contributed by atoms with E-state index < -0.39 is 23.9 Å². The predicted molar refractivity (Wildman–Crippen MR) is 157 cm³/mol. The third-order valence-electron chi connectivity index (χ3n) is 11.4. The van der Waals surface area contributed by atoms with E-state index >= 15 is 0 Å². The number of carbonyl (C=O) groups excluding carboxylic acids is 3. The molecule has 6 rings (SSSR count). The minimum Gasteiger partial charge on any atom is -0.480 e. The molecule has 4 aliphatic carbocycles. The summed E-state index contributed by atoms with van der Waals surface area (Å²) >= 11 is 0. The molecule has 0 saturated heterocycles. The monoisotopic (exact) mass is 574 g/mol. The van der Waals surface area contributed by atoms with Crippen molar-refractivity contribution in [2.24, 2.45) is 28.6 Å². The molecule has 0 radical (unpaired) electrons. The van der Waals surface area contributed by atoms with E-state index in [1.165, 1.54) is 5.57 Å². The number of amides is 1. The molecule has 1 aromatic heterocycles. The summed E-state index contributed by atoms with van der Waals surface area (Å²) in [4.78, 5) is 52.8. The van der Waals surface area contributed by atoms with Crippen LogP contribution in [-0.4, -0.2) is 45.9 Å².